The fourth-order valence-electron chi connectivity index (χ4n) is 4.76. The molecule has 4 rings (SSSR count). The molecule has 232 valence electrons. The Kier molecular flexibility index (Phi) is 9.36. The topological polar surface area (TPSA) is 87.7 Å². The lowest BCUT2D eigenvalue weighted by Gasteiger charge is -2.37. The smallest absolute Gasteiger partial charge is 0.416 e. The van der Waals surface area contributed by atoms with E-state index in [0.717, 1.165) is 0 Å². The highest BCUT2D eigenvalue weighted by molar-refractivity contribution is 6.06. The monoisotopic (exact) mass is 619 g/mol. The van der Waals surface area contributed by atoms with Crippen molar-refractivity contribution in [1.82, 2.24) is 10.2 Å². The number of nitrogens with zero attached hydrogens (tertiary/aromatic N) is 1. The van der Waals surface area contributed by atoms with Gasteiger partial charge in [-0.1, -0.05) is 49.4 Å². The highest BCUT2D eigenvalue weighted by Gasteiger charge is 2.39. The van der Waals surface area contributed by atoms with Crippen LogP contribution in [0.15, 0.2) is 78.4 Å². The molecule has 1 atom stereocenters. The Morgan fingerprint density at radius 2 is 1.52 bits per heavy atom. The molecule has 1 aliphatic rings. The summed E-state index contributed by atoms with van der Waals surface area (Å²) in [6.45, 7) is 3.79. The number of halogens is 6. The first kappa shape index (κ1) is 32.1. The van der Waals surface area contributed by atoms with E-state index < -0.39 is 53.0 Å². The van der Waals surface area contributed by atoms with E-state index >= 15 is 0 Å². The van der Waals surface area contributed by atoms with E-state index in [1.807, 2.05) is 6.92 Å². The standard InChI is InChI=1S/C31H27F6N3O4/c1-3-13-40-26(18-9-6-5-7-10-18)24(28(42)44-4-2)25(39-29(40)43)19-11-8-12-23(16-19)38-27(41)20-14-21(30(32,33)34)17-22(15-20)31(35,36)37/h5-12,14-17,25H,3-4,13H2,1-2H3,(H,38,41)(H,39,43). The molecule has 0 spiro atoms. The van der Waals surface area contributed by atoms with Crippen LogP contribution in [0, 0.1) is 0 Å². The molecular weight excluding hydrogens is 592 g/mol. The van der Waals surface area contributed by atoms with Crippen LogP contribution in [-0.2, 0) is 21.9 Å². The highest BCUT2D eigenvalue weighted by Crippen LogP contribution is 2.38. The van der Waals surface area contributed by atoms with Gasteiger partial charge in [-0.15, -0.1) is 0 Å². The predicted molar refractivity (Wildman–Crippen MR) is 149 cm³/mol. The van der Waals surface area contributed by atoms with Crippen LogP contribution in [-0.4, -0.2) is 36.0 Å². The number of urea groups is 1. The van der Waals surface area contributed by atoms with Gasteiger partial charge in [-0.25, -0.2) is 9.59 Å². The maximum Gasteiger partial charge on any atom is 0.416 e. The maximum absolute atomic E-state index is 13.4. The number of carbonyl (C=O) groups is 3. The molecule has 3 aromatic rings. The molecular formula is C31H27F6N3O4. The average Bonchev–Trinajstić information content (AvgIpc) is 2.97. The largest absolute Gasteiger partial charge is 0.463 e. The molecule has 13 heteroatoms. The van der Waals surface area contributed by atoms with Gasteiger partial charge in [-0.05, 0) is 54.8 Å². The van der Waals surface area contributed by atoms with Crippen LogP contribution < -0.4 is 10.6 Å². The van der Waals surface area contributed by atoms with Crippen molar-refractivity contribution in [3.8, 4) is 0 Å². The molecule has 3 amide bonds. The Bertz CT molecular complexity index is 1550. The van der Waals surface area contributed by atoms with Gasteiger partial charge in [0.25, 0.3) is 5.91 Å². The fourth-order valence-corrected chi connectivity index (χ4v) is 4.76. The number of amides is 3. The summed E-state index contributed by atoms with van der Waals surface area (Å²) in [6, 6.07) is 13.4. The van der Waals surface area contributed by atoms with E-state index in [-0.39, 0.29) is 30.5 Å². The summed E-state index contributed by atoms with van der Waals surface area (Å²) < 4.78 is 85.3. The van der Waals surface area contributed by atoms with Gasteiger partial charge in [0.15, 0.2) is 0 Å². The summed E-state index contributed by atoms with van der Waals surface area (Å²) in [4.78, 5) is 41.1. The quantitative estimate of drug-likeness (QED) is 0.203. The van der Waals surface area contributed by atoms with Crippen molar-refractivity contribution in [3.05, 3.63) is 106 Å². The molecule has 44 heavy (non-hydrogen) atoms. The van der Waals surface area contributed by atoms with Crippen LogP contribution in [0.4, 0.5) is 36.8 Å². The number of benzene rings is 3. The van der Waals surface area contributed by atoms with Gasteiger partial charge in [0.2, 0.25) is 0 Å². The van der Waals surface area contributed by atoms with Crippen LogP contribution in [0.3, 0.4) is 0 Å². The number of hydrogen-bond acceptors (Lipinski definition) is 4. The first-order valence-corrected chi connectivity index (χ1v) is 13.5. The van der Waals surface area contributed by atoms with Gasteiger partial charge < -0.3 is 15.4 Å². The normalized spacial score (nSPS) is 15.6. The maximum atomic E-state index is 13.4. The first-order chi connectivity index (χ1) is 20.7. The molecule has 1 aliphatic heterocycles. The number of hydrogen-bond donors (Lipinski definition) is 2. The molecule has 1 heterocycles. The Morgan fingerprint density at radius 1 is 0.886 bits per heavy atom. The number of alkyl halides is 6. The van der Waals surface area contributed by atoms with Gasteiger partial charge in [0, 0.05) is 17.8 Å². The van der Waals surface area contributed by atoms with Crippen LogP contribution >= 0.6 is 0 Å². The summed E-state index contributed by atoms with van der Waals surface area (Å²) in [5.74, 6) is -1.94. The third kappa shape index (κ3) is 7.04. The number of esters is 1. The molecule has 0 fully saturated rings. The minimum absolute atomic E-state index is 0.00632. The minimum Gasteiger partial charge on any atom is -0.463 e. The molecule has 0 radical (unpaired) electrons. The molecule has 0 saturated carbocycles. The summed E-state index contributed by atoms with van der Waals surface area (Å²) >= 11 is 0. The molecule has 7 nitrogen and oxygen atoms in total. The Labute approximate surface area is 248 Å². The van der Waals surface area contributed by atoms with Crippen LogP contribution in [0.5, 0.6) is 0 Å². The second kappa shape index (κ2) is 12.8. The Hall–Kier alpha value is -4.81. The number of rotatable bonds is 8. The summed E-state index contributed by atoms with van der Waals surface area (Å²) in [7, 11) is 0. The van der Waals surface area contributed by atoms with E-state index in [2.05, 4.69) is 10.6 Å². The third-order valence-electron chi connectivity index (χ3n) is 6.64. The number of ether oxygens (including phenoxy) is 1. The van der Waals surface area contributed by atoms with Crippen molar-refractivity contribution < 1.29 is 45.5 Å². The Morgan fingerprint density at radius 3 is 2.09 bits per heavy atom. The lowest BCUT2D eigenvalue weighted by atomic mass is 9.91. The van der Waals surface area contributed by atoms with Crippen molar-refractivity contribution in [3.63, 3.8) is 0 Å². The zero-order valence-electron chi connectivity index (χ0n) is 23.5. The average molecular weight is 620 g/mol. The minimum atomic E-state index is -5.13. The number of nitrogens with one attached hydrogen (secondary N) is 2. The molecule has 3 aromatic carbocycles. The molecule has 2 N–H and O–H groups in total. The first-order valence-electron chi connectivity index (χ1n) is 13.5. The van der Waals surface area contributed by atoms with Crippen molar-refractivity contribution in [2.75, 3.05) is 18.5 Å². The predicted octanol–water partition coefficient (Wildman–Crippen LogP) is 7.43. The third-order valence-corrected chi connectivity index (χ3v) is 6.64. The van der Waals surface area contributed by atoms with Gasteiger partial charge in [0.05, 0.1) is 35.0 Å². The number of carbonyl (C=O) groups excluding carboxylic acids is 3. The highest BCUT2D eigenvalue weighted by atomic mass is 19.4. The van der Waals surface area contributed by atoms with Crippen molar-refractivity contribution in [2.24, 2.45) is 0 Å². The summed E-state index contributed by atoms with van der Waals surface area (Å²) in [5, 5.41) is 5.10. The molecule has 0 bridgehead atoms. The van der Waals surface area contributed by atoms with Gasteiger partial charge in [-0.3, -0.25) is 9.69 Å². The molecule has 0 aromatic heterocycles. The van der Waals surface area contributed by atoms with E-state index in [1.165, 1.54) is 23.1 Å². The summed E-state index contributed by atoms with van der Waals surface area (Å²) in [5.41, 5.74) is -2.86. The van der Waals surface area contributed by atoms with E-state index in [9.17, 15) is 40.7 Å². The van der Waals surface area contributed by atoms with E-state index in [4.69, 9.17) is 4.74 Å². The molecule has 0 aliphatic carbocycles. The summed E-state index contributed by atoms with van der Waals surface area (Å²) in [6.07, 6.45) is -9.70. The molecule has 1 unspecified atom stereocenters. The van der Waals surface area contributed by atoms with Crippen LogP contribution in [0.1, 0.15) is 58.9 Å². The second-order valence-corrected chi connectivity index (χ2v) is 9.76. The number of anilines is 1. The van der Waals surface area contributed by atoms with Crippen molar-refractivity contribution in [1.29, 1.82) is 0 Å². The van der Waals surface area contributed by atoms with Crippen LogP contribution in [0.25, 0.3) is 5.70 Å². The van der Waals surface area contributed by atoms with Gasteiger partial charge in [-0.2, -0.15) is 26.3 Å². The lowest BCUT2D eigenvalue weighted by Crippen LogP contribution is -2.48. The lowest BCUT2D eigenvalue weighted by molar-refractivity contribution is -0.143. The molecule has 0 saturated heterocycles. The van der Waals surface area contributed by atoms with Crippen molar-refractivity contribution >= 4 is 29.3 Å². The van der Waals surface area contributed by atoms with E-state index in [0.29, 0.717) is 35.4 Å². The Balaban J connectivity index is 1.78. The second-order valence-electron chi connectivity index (χ2n) is 9.76. The zero-order chi connectivity index (χ0) is 32.2. The fraction of sp³-hybridized carbons (Fsp3) is 0.258. The zero-order valence-corrected chi connectivity index (χ0v) is 23.5. The van der Waals surface area contributed by atoms with Gasteiger partial charge in [0.1, 0.15) is 0 Å². The SMILES string of the molecule is CCCN1C(=O)NC(c2cccc(NC(=O)c3cc(C(F)(F)F)cc(C(F)(F)F)c3)c2)C(C(=O)OCC)=C1c1ccccc1. The van der Waals surface area contributed by atoms with Crippen LogP contribution in [0.2, 0.25) is 0 Å². The van der Waals surface area contributed by atoms with E-state index in [1.54, 1.807) is 43.3 Å². The van der Waals surface area contributed by atoms with Crippen molar-refractivity contribution in [2.45, 2.75) is 38.7 Å². The van der Waals surface area contributed by atoms with Gasteiger partial charge >= 0.3 is 24.4 Å².